The Morgan fingerprint density at radius 1 is 1.20 bits per heavy atom. The van der Waals surface area contributed by atoms with Crippen molar-refractivity contribution in [1.29, 1.82) is 0 Å². The van der Waals surface area contributed by atoms with E-state index in [0.717, 1.165) is 6.42 Å². The molecule has 2 unspecified atom stereocenters. The zero-order valence-corrected chi connectivity index (χ0v) is 12.1. The first-order valence-corrected chi connectivity index (χ1v) is 7.03. The van der Waals surface area contributed by atoms with Crippen LogP contribution in [0, 0.1) is 11.8 Å². The van der Waals surface area contributed by atoms with Gasteiger partial charge in [0.2, 0.25) is 0 Å². The summed E-state index contributed by atoms with van der Waals surface area (Å²) in [5, 5.41) is 0. The van der Waals surface area contributed by atoms with Gasteiger partial charge in [0.25, 0.3) is 0 Å². The Balaban J connectivity index is 2.08. The minimum Gasteiger partial charge on any atom is -0.469 e. The Bertz CT molecular complexity index is 361. The Morgan fingerprint density at radius 2 is 1.90 bits per heavy atom. The van der Waals surface area contributed by atoms with Gasteiger partial charge in [0.15, 0.2) is 5.79 Å². The first kappa shape index (κ1) is 15.3. The Kier molecular flexibility index (Phi) is 4.99. The van der Waals surface area contributed by atoms with Crippen molar-refractivity contribution in [1.82, 2.24) is 0 Å². The normalized spacial score (nSPS) is 28.9. The van der Waals surface area contributed by atoms with Crippen molar-refractivity contribution in [3.63, 3.8) is 0 Å². The van der Waals surface area contributed by atoms with Crippen LogP contribution in [0.2, 0.25) is 0 Å². The predicted octanol–water partition coefficient (Wildman–Crippen LogP) is 1.27. The second-order valence-electron chi connectivity index (χ2n) is 5.37. The standard InChI is InChI=1S/C14H22O6/c1-17-12(15)8-10-4-5-14(19-6-3-7-20-14)9-11(10)13(16)18-2/h10-11H,3-9H2,1-2H3. The molecule has 2 fully saturated rings. The zero-order valence-electron chi connectivity index (χ0n) is 12.1. The maximum Gasteiger partial charge on any atom is 0.309 e. The van der Waals surface area contributed by atoms with Gasteiger partial charge in [-0.2, -0.15) is 0 Å². The van der Waals surface area contributed by atoms with E-state index in [1.807, 2.05) is 0 Å². The van der Waals surface area contributed by atoms with Crippen molar-refractivity contribution in [3.8, 4) is 0 Å². The summed E-state index contributed by atoms with van der Waals surface area (Å²) in [6.07, 6.45) is 2.93. The number of esters is 2. The van der Waals surface area contributed by atoms with E-state index in [2.05, 4.69) is 0 Å². The van der Waals surface area contributed by atoms with E-state index < -0.39 is 5.79 Å². The number of carbonyl (C=O) groups excluding carboxylic acids is 2. The van der Waals surface area contributed by atoms with Gasteiger partial charge >= 0.3 is 11.9 Å². The molecule has 0 radical (unpaired) electrons. The number of ether oxygens (including phenoxy) is 4. The third-order valence-electron chi connectivity index (χ3n) is 4.18. The summed E-state index contributed by atoms with van der Waals surface area (Å²) in [6.45, 7) is 1.30. The molecule has 1 heterocycles. The molecular formula is C14H22O6. The summed E-state index contributed by atoms with van der Waals surface area (Å²) in [7, 11) is 2.72. The summed E-state index contributed by atoms with van der Waals surface area (Å²) >= 11 is 0. The van der Waals surface area contributed by atoms with E-state index >= 15 is 0 Å². The van der Waals surface area contributed by atoms with Crippen molar-refractivity contribution in [2.75, 3.05) is 27.4 Å². The third kappa shape index (κ3) is 3.30. The number of hydrogen-bond donors (Lipinski definition) is 0. The molecule has 1 saturated carbocycles. The number of carbonyl (C=O) groups is 2. The lowest BCUT2D eigenvalue weighted by molar-refractivity contribution is -0.290. The minimum atomic E-state index is -0.677. The van der Waals surface area contributed by atoms with Crippen LogP contribution in [0.4, 0.5) is 0 Å². The molecule has 2 rings (SSSR count). The van der Waals surface area contributed by atoms with Crippen LogP contribution in [-0.2, 0) is 28.5 Å². The molecule has 0 aromatic rings. The highest BCUT2D eigenvalue weighted by atomic mass is 16.7. The van der Waals surface area contributed by atoms with Crippen LogP contribution in [0.1, 0.15) is 32.1 Å². The molecule has 0 aromatic carbocycles. The minimum absolute atomic E-state index is 0.0744. The van der Waals surface area contributed by atoms with Crippen LogP contribution < -0.4 is 0 Å². The van der Waals surface area contributed by atoms with Crippen LogP contribution in [0.3, 0.4) is 0 Å². The van der Waals surface area contributed by atoms with Gasteiger partial charge in [-0.15, -0.1) is 0 Å². The summed E-state index contributed by atoms with van der Waals surface area (Å²) in [5.74, 6) is -1.74. The molecule has 1 spiro atoms. The summed E-state index contributed by atoms with van der Waals surface area (Å²) in [6, 6.07) is 0. The highest BCUT2D eigenvalue weighted by molar-refractivity contribution is 5.75. The molecule has 20 heavy (non-hydrogen) atoms. The van der Waals surface area contributed by atoms with Crippen molar-refractivity contribution >= 4 is 11.9 Å². The Morgan fingerprint density at radius 3 is 2.50 bits per heavy atom. The SMILES string of the molecule is COC(=O)CC1CCC2(CC1C(=O)OC)OCCCO2. The average molecular weight is 286 g/mol. The largest absolute Gasteiger partial charge is 0.469 e. The molecule has 1 saturated heterocycles. The predicted molar refractivity (Wildman–Crippen MR) is 68.7 cm³/mol. The molecule has 1 aliphatic heterocycles. The van der Waals surface area contributed by atoms with Gasteiger partial charge in [0, 0.05) is 19.3 Å². The van der Waals surface area contributed by atoms with E-state index in [4.69, 9.17) is 18.9 Å². The molecule has 6 nitrogen and oxygen atoms in total. The van der Waals surface area contributed by atoms with Crippen molar-refractivity contribution < 1.29 is 28.5 Å². The molecule has 0 N–H and O–H groups in total. The average Bonchev–Trinajstić information content (AvgIpc) is 2.49. The second kappa shape index (κ2) is 6.54. The van der Waals surface area contributed by atoms with Gasteiger partial charge in [-0.05, 0) is 18.8 Å². The van der Waals surface area contributed by atoms with Crippen LogP contribution in [0.5, 0.6) is 0 Å². The molecule has 0 bridgehead atoms. The molecule has 1 aliphatic carbocycles. The van der Waals surface area contributed by atoms with E-state index in [1.54, 1.807) is 0 Å². The monoisotopic (exact) mass is 286 g/mol. The summed E-state index contributed by atoms with van der Waals surface area (Å²) in [5.41, 5.74) is 0. The van der Waals surface area contributed by atoms with Crippen LogP contribution in [-0.4, -0.2) is 45.2 Å². The highest BCUT2D eigenvalue weighted by Gasteiger charge is 2.47. The van der Waals surface area contributed by atoms with Gasteiger partial charge in [0.1, 0.15) is 0 Å². The molecular weight excluding hydrogens is 264 g/mol. The number of methoxy groups -OCH3 is 2. The third-order valence-corrected chi connectivity index (χ3v) is 4.18. The van der Waals surface area contributed by atoms with Crippen LogP contribution in [0.15, 0.2) is 0 Å². The molecule has 0 aromatic heterocycles. The van der Waals surface area contributed by atoms with E-state index in [-0.39, 0.29) is 30.2 Å². The second-order valence-corrected chi connectivity index (χ2v) is 5.37. The highest BCUT2D eigenvalue weighted by Crippen LogP contribution is 2.43. The van der Waals surface area contributed by atoms with E-state index in [1.165, 1.54) is 14.2 Å². The number of rotatable bonds is 3. The van der Waals surface area contributed by atoms with Crippen molar-refractivity contribution in [3.05, 3.63) is 0 Å². The number of hydrogen-bond acceptors (Lipinski definition) is 6. The fourth-order valence-electron chi connectivity index (χ4n) is 3.06. The van der Waals surface area contributed by atoms with Gasteiger partial charge < -0.3 is 18.9 Å². The van der Waals surface area contributed by atoms with E-state index in [9.17, 15) is 9.59 Å². The van der Waals surface area contributed by atoms with Crippen molar-refractivity contribution in [2.24, 2.45) is 11.8 Å². The quantitative estimate of drug-likeness (QED) is 0.728. The summed E-state index contributed by atoms with van der Waals surface area (Å²) in [4.78, 5) is 23.5. The van der Waals surface area contributed by atoms with E-state index in [0.29, 0.717) is 32.5 Å². The summed E-state index contributed by atoms with van der Waals surface area (Å²) < 4.78 is 21.1. The smallest absolute Gasteiger partial charge is 0.309 e. The Hall–Kier alpha value is -1.14. The molecule has 2 atom stereocenters. The first-order chi connectivity index (χ1) is 9.60. The fraction of sp³-hybridized carbons (Fsp3) is 0.857. The lowest BCUT2D eigenvalue weighted by Gasteiger charge is -2.44. The van der Waals surface area contributed by atoms with Gasteiger partial charge in [-0.3, -0.25) is 9.59 Å². The molecule has 2 aliphatic rings. The lowest BCUT2D eigenvalue weighted by Crippen LogP contribution is -2.49. The fourth-order valence-corrected chi connectivity index (χ4v) is 3.06. The molecule has 6 heteroatoms. The zero-order chi connectivity index (χ0) is 14.6. The van der Waals surface area contributed by atoms with Crippen LogP contribution >= 0.6 is 0 Å². The van der Waals surface area contributed by atoms with Gasteiger partial charge in [-0.1, -0.05) is 0 Å². The molecule has 114 valence electrons. The van der Waals surface area contributed by atoms with Crippen LogP contribution in [0.25, 0.3) is 0 Å². The Labute approximate surface area is 118 Å². The maximum absolute atomic E-state index is 12.0. The van der Waals surface area contributed by atoms with Gasteiger partial charge in [-0.25, -0.2) is 0 Å². The lowest BCUT2D eigenvalue weighted by atomic mass is 9.74. The maximum atomic E-state index is 12.0. The molecule has 0 amide bonds. The topological polar surface area (TPSA) is 71.1 Å². The first-order valence-electron chi connectivity index (χ1n) is 7.03. The van der Waals surface area contributed by atoms with Crippen molar-refractivity contribution in [2.45, 2.75) is 37.9 Å². The van der Waals surface area contributed by atoms with Gasteiger partial charge in [0.05, 0.1) is 33.4 Å².